The van der Waals surface area contributed by atoms with Crippen molar-refractivity contribution in [2.75, 3.05) is 0 Å². The number of pyridine rings is 1. The van der Waals surface area contributed by atoms with Crippen molar-refractivity contribution >= 4 is 103 Å². The Bertz CT molecular complexity index is 4050. The Kier molecular flexibility index (Phi) is 5.84. The smallest absolute Gasteiger partial charge is 0.147 e. The summed E-state index contributed by atoms with van der Waals surface area (Å²) in [4.78, 5) is 5.35. The maximum absolute atomic E-state index is 5.35. The van der Waals surface area contributed by atoms with Crippen molar-refractivity contribution in [2.24, 2.45) is 0 Å². The highest BCUT2D eigenvalue weighted by Gasteiger charge is 2.36. The van der Waals surface area contributed by atoms with Crippen LogP contribution in [-0.2, 0) is 5.41 Å². The largest absolute Gasteiger partial charge is 0.309 e. The molecule has 0 atom stereocenters. The second-order valence-corrected chi connectivity index (χ2v) is 17.1. The Morgan fingerprint density at radius 2 is 1.02 bits per heavy atom. The maximum Gasteiger partial charge on any atom is 0.147 e. The van der Waals surface area contributed by atoms with E-state index in [0.29, 0.717) is 0 Å². The van der Waals surface area contributed by atoms with Gasteiger partial charge < -0.3 is 4.57 Å². The van der Waals surface area contributed by atoms with Gasteiger partial charge in [0.25, 0.3) is 0 Å². The van der Waals surface area contributed by atoms with Crippen molar-refractivity contribution in [3.8, 4) is 16.8 Å². The molecule has 0 spiro atoms. The molecule has 0 saturated heterocycles. The van der Waals surface area contributed by atoms with Gasteiger partial charge in [-0.15, -0.1) is 0 Å². The molecular weight excluding hydrogens is 715 g/mol. The SMILES string of the molecule is CC1(C)c2ccccc2-c2cc3c4cc5c6ccccc6c6ccccc6c5cc4n(-c4ccc5c6ccc7ccccc7c6c6nc7ccccc7n6c5c4)c3cc21. The van der Waals surface area contributed by atoms with Crippen LogP contribution in [-0.4, -0.2) is 14.0 Å². The van der Waals surface area contributed by atoms with Crippen LogP contribution in [0.1, 0.15) is 25.0 Å². The molecular formula is C56H35N3. The molecule has 0 unspecified atom stereocenters. The van der Waals surface area contributed by atoms with Crippen LogP contribution in [0.3, 0.4) is 0 Å². The van der Waals surface area contributed by atoms with Crippen LogP contribution in [0.15, 0.2) is 176 Å². The molecule has 3 heteroatoms. The van der Waals surface area contributed by atoms with Crippen LogP contribution >= 0.6 is 0 Å². The molecule has 1 aliphatic carbocycles. The summed E-state index contributed by atoms with van der Waals surface area (Å²) in [6.07, 6.45) is 0. The van der Waals surface area contributed by atoms with Gasteiger partial charge in [0.05, 0.1) is 27.6 Å². The number of benzene rings is 10. The fraction of sp³-hybridized carbons (Fsp3) is 0.0536. The van der Waals surface area contributed by atoms with Gasteiger partial charge in [-0.3, -0.25) is 4.40 Å². The van der Waals surface area contributed by atoms with E-state index >= 15 is 0 Å². The first-order valence-corrected chi connectivity index (χ1v) is 20.6. The number of imidazole rings is 1. The molecule has 1 aliphatic rings. The predicted octanol–water partition coefficient (Wildman–Crippen LogP) is 14.8. The molecule has 0 fully saturated rings. The zero-order valence-corrected chi connectivity index (χ0v) is 32.6. The summed E-state index contributed by atoms with van der Waals surface area (Å²) in [6.45, 7) is 4.77. The summed E-state index contributed by atoms with van der Waals surface area (Å²) >= 11 is 0. The monoisotopic (exact) mass is 749 g/mol. The molecule has 0 saturated carbocycles. The lowest BCUT2D eigenvalue weighted by molar-refractivity contribution is 0.661. The predicted molar refractivity (Wildman–Crippen MR) is 250 cm³/mol. The number of aromatic nitrogens is 3. The zero-order chi connectivity index (χ0) is 38.7. The van der Waals surface area contributed by atoms with Crippen molar-refractivity contribution in [1.29, 1.82) is 0 Å². The third kappa shape index (κ3) is 3.95. The lowest BCUT2D eigenvalue weighted by Gasteiger charge is -2.21. The van der Waals surface area contributed by atoms with Gasteiger partial charge in [-0.2, -0.15) is 0 Å². The van der Waals surface area contributed by atoms with E-state index < -0.39 is 0 Å². The average Bonchev–Trinajstić information content (AvgIpc) is 3.90. The van der Waals surface area contributed by atoms with Gasteiger partial charge in [0.2, 0.25) is 0 Å². The van der Waals surface area contributed by atoms with Gasteiger partial charge in [-0.05, 0) is 119 Å². The van der Waals surface area contributed by atoms with Crippen LogP contribution in [0, 0.1) is 0 Å². The van der Waals surface area contributed by atoms with E-state index in [-0.39, 0.29) is 5.41 Å². The van der Waals surface area contributed by atoms with Gasteiger partial charge in [0.1, 0.15) is 5.65 Å². The summed E-state index contributed by atoms with van der Waals surface area (Å²) < 4.78 is 4.95. The molecule has 3 heterocycles. The maximum atomic E-state index is 5.35. The van der Waals surface area contributed by atoms with Gasteiger partial charge in [0.15, 0.2) is 0 Å². The second kappa shape index (κ2) is 10.9. The highest BCUT2D eigenvalue weighted by atomic mass is 15.0. The molecule has 59 heavy (non-hydrogen) atoms. The van der Waals surface area contributed by atoms with Gasteiger partial charge in [-0.1, -0.05) is 141 Å². The quantitative estimate of drug-likeness (QED) is 0.153. The minimum atomic E-state index is -0.133. The van der Waals surface area contributed by atoms with Gasteiger partial charge in [0, 0.05) is 32.6 Å². The van der Waals surface area contributed by atoms with E-state index in [9.17, 15) is 0 Å². The standard InChI is InChI=1S/C56H35N3/c1-56(2)47-20-10-9-19-39(47)44-29-46-45-28-42-37-17-7-5-15-35(37)36-16-6-8-18-38(36)43(42)30-52(45)58(53(46)31-48(44)56)33-24-26-40-41-25-23-32-13-3-4-14-34(32)54(41)55-57-49-21-11-12-22-50(49)59(55)51(40)27-33/h3-31H,1-2H3. The summed E-state index contributed by atoms with van der Waals surface area (Å²) in [6, 6.07) is 65.7. The minimum absolute atomic E-state index is 0.133. The molecule has 13 aromatic rings. The van der Waals surface area contributed by atoms with Crippen LogP contribution in [0.4, 0.5) is 0 Å². The molecule has 0 bridgehead atoms. The van der Waals surface area contributed by atoms with Crippen LogP contribution < -0.4 is 0 Å². The molecule has 274 valence electrons. The molecule has 0 radical (unpaired) electrons. The van der Waals surface area contributed by atoms with E-state index in [0.717, 1.165) is 27.9 Å². The van der Waals surface area contributed by atoms with Gasteiger partial charge >= 0.3 is 0 Å². The third-order valence-corrected chi connectivity index (χ3v) is 13.8. The Morgan fingerprint density at radius 1 is 0.390 bits per heavy atom. The number of rotatable bonds is 1. The van der Waals surface area contributed by atoms with E-state index in [1.54, 1.807) is 0 Å². The molecule has 0 amide bonds. The van der Waals surface area contributed by atoms with E-state index in [1.807, 2.05) is 0 Å². The lowest BCUT2D eigenvalue weighted by Crippen LogP contribution is -2.14. The van der Waals surface area contributed by atoms with Gasteiger partial charge in [-0.25, -0.2) is 4.98 Å². The third-order valence-electron chi connectivity index (χ3n) is 13.8. The van der Waals surface area contributed by atoms with Crippen molar-refractivity contribution < 1.29 is 0 Å². The Hall–Kier alpha value is -7.49. The van der Waals surface area contributed by atoms with Crippen molar-refractivity contribution in [2.45, 2.75) is 19.3 Å². The number of hydrogen-bond donors (Lipinski definition) is 0. The molecule has 0 aliphatic heterocycles. The molecule has 3 nitrogen and oxygen atoms in total. The van der Waals surface area contributed by atoms with Crippen LogP contribution in [0.2, 0.25) is 0 Å². The first-order chi connectivity index (χ1) is 29.0. The molecule has 14 rings (SSSR count). The van der Waals surface area contributed by atoms with E-state index in [1.165, 1.54) is 103 Å². The Morgan fingerprint density at radius 3 is 1.83 bits per heavy atom. The second-order valence-electron chi connectivity index (χ2n) is 17.1. The van der Waals surface area contributed by atoms with Crippen LogP contribution in [0.5, 0.6) is 0 Å². The number of fused-ring (bicyclic) bond motifs is 22. The number of para-hydroxylation sites is 2. The fourth-order valence-electron chi connectivity index (χ4n) is 11.1. The molecule has 10 aromatic carbocycles. The summed E-state index contributed by atoms with van der Waals surface area (Å²) in [7, 11) is 0. The Balaban J connectivity index is 1.17. The number of nitrogens with zero attached hydrogens (tertiary/aromatic N) is 3. The number of hydrogen-bond acceptors (Lipinski definition) is 1. The fourth-order valence-corrected chi connectivity index (χ4v) is 11.1. The highest BCUT2D eigenvalue weighted by Crippen LogP contribution is 2.52. The minimum Gasteiger partial charge on any atom is -0.309 e. The Labute approximate surface area is 339 Å². The first kappa shape index (κ1) is 31.6. The molecule has 3 aromatic heterocycles. The molecule has 0 N–H and O–H groups in total. The summed E-state index contributed by atoms with van der Waals surface area (Å²) in [5.74, 6) is 0. The summed E-state index contributed by atoms with van der Waals surface area (Å²) in [5.41, 5.74) is 13.1. The zero-order valence-electron chi connectivity index (χ0n) is 32.6. The van der Waals surface area contributed by atoms with Crippen molar-refractivity contribution in [3.63, 3.8) is 0 Å². The van der Waals surface area contributed by atoms with Crippen LogP contribution in [0.25, 0.3) is 120 Å². The normalized spacial score (nSPS) is 13.7. The topological polar surface area (TPSA) is 22.2 Å². The van der Waals surface area contributed by atoms with Crippen molar-refractivity contribution in [1.82, 2.24) is 14.0 Å². The lowest BCUT2D eigenvalue weighted by atomic mass is 9.82. The van der Waals surface area contributed by atoms with E-state index in [4.69, 9.17) is 4.98 Å². The van der Waals surface area contributed by atoms with Crippen molar-refractivity contribution in [3.05, 3.63) is 187 Å². The first-order valence-electron chi connectivity index (χ1n) is 20.6. The summed E-state index contributed by atoms with van der Waals surface area (Å²) in [5, 5.41) is 16.3. The van der Waals surface area contributed by atoms with E-state index in [2.05, 4.69) is 199 Å². The average molecular weight is 750 g/mol. The highest BCUT2D eigenvalue weighted by molar-refractivity contribution is 6.29.